The summed E-state index contributed by atoms with van der Waals surface area (Å²) in [7, 11) is 0. The van der Waals surface area contributed by atoms with Crippen molar-refractivity contribution in [2.24, 2.45) is 0 Å². The monoisotopic (exact) mass is 188 g/mol. The Morgan fingerprint density at radius 3 is 3.14 bits per heavy atom. The van der Waals surface area contributed by atoms with E-state index in [9.17, 15) is 4.79 Å². The second-order valence-corrected chi connectivity index (χ2v) is 3.31. The number of benzene rings is 1. The van der Waals surface area contributed by atoms with Gasteiger partial charge in [-0.2, -0.15) is 0 Å². The Balaban J connectivity index is 2.50. The molecule has 0 bridgehead atoms. The Bertz CT molecular complexity index is 380. The predicted octanol–water partition coefficient (Wildman–Crippen LogP) is 2.38. The van der Waals surface area contributed by atoms with Crippen molar-refractivity contribution in [2.75, 3.05) is 6.61 Å². The minimum atomic E-state index is -0.0660. The van der Waals surface area contributed by atoms with Crippen molar-refractivity contribution >= 4 is 5.78 Å². The third-order valence-electron chi connectivity index (χ3n) is 2.38. The Hall–Kier alpha value is -1.57. The normalized spacial score (nSPS) is 14.0. The first-order chi connectivity index (χ1) is 6.83. The number of ketones is 1. The lowest BCUT2D eigenvalue weighted by atomic mass is 10.0. The highest BCUT2D eigenvalue weighted by atomic mass is 16.5. The number of para-hydroxylation sites is 1. The third kappa shape index (κ3) is 1.43. The van der Waals surface area contributed by atoms with Gasteiger partial charge in [-0.25, -0.2) is 0 Å². The number of carbonyl (C=O) groups is 1. The number of aryl methyl sites for hydroxylation is 1. The SMILES string of the molecule is C=CC(=O)c1cccc2c1OCCC2. The molecule has 0 N–H and O–H groups in total. The van der Waals surface area contributed by atoms with Crippen molar-refractivity contribution in [3.05, 3.63) is 42.0 Å². The maximum absolute atomic E-state index is 11.5. The van der Waals surface area contributed by atoms with Crippen LogP contribution in [-0.4, -0.2) is 12.4 Å². The summed E-state index contributed by atoms with van der Waals surface area (Å²) in [5.74, 6) is 0.687. The van der Waals surface area contributed by atoms with E-state index in [1.165, 1.54) is 6.08 Å². The molecular weight excluding hydrogens is 176 g/mol. The molecule has 0 aromatic heterocycles. The molecule has 14 heavy (non-hydrogen) atoms. The summed E-state index contributed by atoms with van der Waals surface area (Å²) in [5.41, 5.74) is 1.76. The number of hydrogen-bond acceptors (Lipinski definition) is 2. The smallest absolute Gasteiger partial charge is 0.188 e. The van der Waals surface area contributed by atoms with Crippen molar-refractivity contribution in [1.82, 2.24) is 0 Å². The summed E-state index contributed by atoms with van der Waals surface area (Å²) < 4.78 is 5.51. The maximum atomic E-state index is 11.5. The molecule has 0 aliphatic carbocycles. The van der Waals surface area contributed by atoms with Crippen LogP contribution in [0.2, 0.25) is 0 Å². The van der Waals surface area contributed by atoms with E-state index in [2.05, 4.69) is 6.58 Å². The minimum absolute atomic E-state index is 0.0660. The molecule has 2 nitrogen and oxygen atoms in total. The highest BCUT2D eigenvalue weighted by Crippen LogP contribution is 2.29. The van der Waals surface area contributed by atoms with Gasteiger partial charge in [0.1, 0.15) is 5.75 Å². The van der Waals surface area contributed by atoms with Crippen LogP contribution in [0.1, 0.15) is 22.3 Å². The second-order valence-electron chi connectivity index (χ2n) is 3.31. The Kier molecular flexibility index (Phi) is 2.35. The molecule has 0 atom stereocenters. The van der Waals surface area contributed by atoms with E-state index in [0.29, 0.717) is 12.2 Å². The van der Waals surface area contributed by atoms with Crippen molar-refractivity contribution in [1.29, 1.82) is 0 Å². The molecule has 2 rings (SSSR count). The molecular formula is C12H12O2. The van der Waals surface area contributed by atoms with Crippen LogP contribution in [0.3, 0.4) is 0 Å². The Labute approximate surface area is 83.2 Å². The average Bonchev–Trinajstić information content (AvgIpc) is 2.27. The van der Waals surface area contributed by atoms with E-state index in [4.69, 9.17) is 4.74 Å². The molecule has 1 heterocycles. The van der Waals surface area contributed by atoms with Crippen LogP contribution in [0, 0.1) is 0 Å². The fourth-order valence-corrected chi connectivity index (χ4v) is 1.69. The van der Waals surface area contributed by atoms with Gasteiger partial charge in [0.15, 0.2) is 5.78 Å². The summed E-state index contributed by atoms with van der Waals surface area (Å²) >= 11 is 0. The molecule has 1 aliphatic rings. The largest absolute Gasteiger partial charge is 0.493 e. The van der Waals surface area contributed by atoms with E-state index < -0.39 is 0 Å². The molecule has 0 radical (unpaired) electrons. The Morgan fingerprint density at radius 1 is 1.50 bits per heavy atom. The van der Waals surface area contributed by atoms with Gasteiger partial charge < -0.3 is 4.74 Å². The zero-order chi connectivity index (χ0) is 9.97. The molecule has 1 aromatic rings. The highest BCUT2D eigenvalue weighted by Gasteiger charge is 2.16. The van der Waals surface area contributed by atoms with Gasteiger partial charge in [-0.1, -0.05) is 18.7 Å². The molecule has 1 aromatic carbocycles. The fraction of sp³-hybridized carbons (Fsp3) is 0.250. The molecule has 0 saturated heterocycles. The van der Waals surface area contributed by atoms with Crippen LogP contribution in [0.15, 0.2) is 30.9 Å². The molecule has 2 heteroatoms. The first kappa shape index (κ1) is 9.00. The van der Waals surface area contributed by atoms with E-state index in [1.807, 2.05) is 12.1 Å². The standard InChI is InChI=1S/C12H12O2/c1-2-11(13)10-7-3-5-9-6-4-8-14-12(9)10/h2-3,5,7H,1,4,6,8H2. The quantitative estimate of drug-likeness (QED) is 0.526. The first-order valence-electron chi connectivity index (χ1n) is 4.74. The van der Waals surface area contributed by atoms with Crippen LogP contribution < -0.4 is 4.74 Å². The second kappa shape index (κ2) is 3.66. The average molecular weight is 188 g/mol. The van der Waals surface area contributed by atoms with Crippen LogP contribution in [0.25, 0.3) is 0 Å². The number of rotatable bonds is 2. The topological polar surface area (TPSA) is 26.3 Å². The fourth-order valence-electron chi connectivity index (χ4n) is 1.69. The van der Waals surface area contributed by atoms with Gasteiger partial charge in [0.25, 0.3) is 0 Å². The van der Waals surface area contributed by atoms with Crippen LogP contribution in [-0.2, 0) is 6.42 Å². The van der Waals surface area contributed by atoms with Crippen LogP contribution in [0.4, 0.5) is 0 Å². The number of ether oxygens (including phenoxy) is 1. The number of fused-ring (bicyclic) bond motifs is 1. The van der Waals surface area contributed by atoms with Crippen molar-refractivity contribution < 1.29 is 9.53 Å². The lowest BCUT2D eigenvalue weighted by molar-refractivity contribution is 0.104. The highest BCUT2D eigenvalue weighted by molar-refractivity contribution is 6.06. The third-order valence-corrected chi connectivity index (χ3v) is 2.38. The van der Waals surface area contributed by atoms with Crippen molar-refractivity contribution in [2.45, 2.75) is 12.8 Å². The minimum Gasteiger partial charge on any atom is -0.493 e. The molecule has 0 saturated carbocycles. The lowest BCUT2D eigenvalue weighted by Gasteiger charge is -2.19. The molecule has 72 valence electrons. The van der Waals surface area contributed by atoms with Gasteiger partial charge in [-0.05, 0) is 30.5 Å². The molecule has 0 fully saturated rings. The number of hydrogen-bond donors (Lipinski definition) is 0. The number of carbonyl (C=O) groups excluding carboxylic acids is 1. The van der Waals surface area contributed by atoms with Gasteiger partial charge >= 0.3 is 0 Å². The van der Waals surface area contributed by atoms with E-state index >= 15 is 0 Å². The van der Waals surface area contributed by atoms with Gasteiger partial charge in [0.2, 0.25) is 0 Å². The van der Waals surface area contributed by atoms with Crippen LogP contribution in [0.5, 0.6) is 5.75 Å². The summed E-state index contributed by atoms with van der Waals surface area (Å²) in [5, 5.41) is 0. The zero-order valence-electron chi connectivity index (χ0n) is 7.95. The van der Waals surface area contributed by atoms with Gasteiger partial charge in [-0.15, -0.1) is 0 Å². The van der Waals surface area contributed by atoms with Gasteiger partial charge in [0, 0.05) is 0 Å². The zero-order valence-corrected chi connectivity index (χ0v) is 7.95. The maximum Gasteiger partial charge on any atom is 0.188 e. The van der Waals surface area contributed by atoms with Gasteiger partial charge in [0.05, 0.1) is 12.2 Å². The predicted molar refractivity (Wildman–Crippen MR) is 54.8 cm³/mol. The molecule has 0 amide bonds. The summed E-state index contributed by atoms with van der Waals surface area (Å²) in [6.45, 7) is 4.18. The van der Waals surface area contributed by atoms with E-state index in [1.54, 1.807) is 6.07 Å². The van der Waals surface area contributed by atoms with E-state index in [0.717, 1.165) is 24.2 Å². The summed E-state index contributed by atoms with van der Waals surface area (Å²) in [6, 6.07) is 5.69. The molecule has 0 unspecified atom stereocenters. The van der Waals surface area contributed by atoms with Gasteiger partial charge in [-0.3, -0.25) is 4.79 Å². The first-order valence-corrected chi connectivity index (χ1v) is 4.74. The van der Waals surface area contributed by atoms with Crippen molar-refractivity contribution in [3.8, 4) is 5.75 Å². The molecule has 1 aliphatic heterocycles. The number of allylic oxidation sites excluding steroid dienone is 1. The van der Waals surface area contributed by atoms with Crippen LogP contribution >= 0.6 is 0 Å². The summed E-state index contributed by atoms with van der Waals surface area (Å²) in [6.07, 6.45) is 3.35. The lowest BCUT2D eigenvalue weighted by Crippen LogP contribution is -2.11. The van der Waals surface area contributed by atoms with E-state index in [-0.39, 0.29) is 5.78 Å². The Morgan fingerprint density at radius 2 is 2.36 bits per heavy atom. The summed E-state index contributed by atoms with van der Waals surface area (Å²) in [4.78, 5) is 11.5. The van der Waals surface area contributed by atoms with Crippen molar-refractivity contribution in [3.63, 3.8) is 0 Å². The molecule has 0 spiro atoms.